The summed E-state index contributed by atoms with van der Waals surface area (Å²) < 4.78 is 7.59. The monoisotopic (exact) mass is 1310 g/mol. The zero-order valence-electron chi connectivity index (χ0n) is 56.0. The number of benzene rings is 16. The quantitative estimate of drug-likeness (QED) is 0.128. The van der Waals surface area contributed by atoms with Crippen molar-refractivity contribution >= 4 is 156 Å². The molecule has 0 atom stereocenters. The number of hydrogen-bond acceptors (Lipinski definition) is 3. The Labute approximate surface area is 595 Å². The summed E-state index contributed by atoms with van der Waals surface area (Å²) >= 11 is 0. The van der Waals surface area contributed by atoms with Gasteiger partial charge >= 0.3 is 0 Å². The van der Waals surface area contributed by atoms with Crippen molar-refractivity contribution in [3.05, 3.63) is 370 Å². The molecule has 0 N–H and O–H groups in total. The van der Waals surface area contributed by atoms with Crippen LogP contribution < -0.4 is 31.1 Å². The molecule has 4 aromatic heterocycles. The fourth-order valence-corrected chi connectivity index (χ4v) is 17.7. The molecule has 0 aliphatic carbocycles. The molecule has 7 heteroatoms. The number of anilines is 9. The van der Waals surface area contributed by atoms with Crippen molar-refractivity contribution in [3.63, 3.8) is 0 Å². The molecule has 6 heterocycles. The highest BCUT2D eigenvalue weighted by Crippen LogP contribution is 2.53. The fraction of sp³-hybridized carbons (Fsp3) is 0. The Kier molecular flexibility index (Phi) is 12.5. The van der Waals surface area contributed by atoms with Gasteiger partial charge in [-0.25, -0.2) is 0 Å². The predicted octanol–water partition coefficient (Wildman–Crippen LogP) is 23.6. The molecule has 0 radical (unpaired) electrons. The second kappa shape index (κ2) is 22.5. The Hall–Kier alpha value is -13.6. The van der Waals surface area contributed by atoms with Crippen LogP contribution in [-0.2, 0) is 0 Å². The van der Waals surface area contributed by atoms with Gasteiger partial charge in [-0.3, -0.25) is 0 Å². The highest BCUT2D eigenvalue weighted by atomic mass is 15.2. The fourth-order valence-electron chi connectivity index (χ4n) is 17.7. The average Bonchev–Trinajstić information content (AvgIpc) is 1.65. The van der Waals surface area contributed by atoms with Gasteiger partial charge < -0.3 is 28.2 Å². The summed E-state index contributed by atoms with van der Waals surface area (Å²) in [5.41, 5.74) is 30.7. The maximum atomic E-state index is 2.66. The summed E-state index contributed by atoms with van der Waals surface area (Å²) in [4.78, 5) is 7.75. The van der Waals surface area contributed by atoms with Crippen molar-refractivity contribution in [2.75, 3.05) is 14.7 Å². The van der Waals surface area contributed by atoms with Crippen molar-refractivity contribution < 1.29 is 0 Å². The summed E-state index contributed by atoms with van der Waals surface area (Å²) in [6, 6.07) is 138. The molecule has 0 unspecified atom stereocenters. The van der Waals surface area contributed by atoms with E-state index in [4.69, 9.17) is 0 Å². The third-order valence-electron chi connectivity index (χ3n) is 22.1. The first-order chi connectivity index (χ1) is 51.1. The molecule has 0 amide bonds. The van der Waals surface area contributed by atoms with Gasteiger partial charge in [0, 0.05) is 88.5 Å². The molecular formula is C96H61BN6. The van der Waals surface area contributed by atoms with Gasteiger partial charge in [0.25, 0.3) is 6.71 Å². The Balaban J connectivity index is 0.885. The lowest BCUT2D eigenvalue weighted by atomic mass is 9.33. The van der Waals surface area contributed by atoms with Crippen LogP contribution in [0.2, 0.25) is 0 Å². The number of para-hydroxylation sites is 9. The molecular weight excluding hydrogens is 1250 g/mol. The van der Waals surface area contributed by atoms with Crippen LogP contribution >= 0.6 is 0 Å². The van der Waals surface area contributed by atoms with Gasteiger partial charge in [-0.2, -0.15) is 0 Å². The van der Waals surface area contributed by atoms with Crippen molar-refractivity contribution in [1.82, 2.24) is 13.5 Å². The Morgan fingerprint density at radius 2 is 0.631 bits per heavy atom. The summed E-state index contributed by atoms with van der Waals surface area (Å²) in [6.07, 6.45) is 0. The third-order valence-corrected chi connectivity index (χ3v) is 22.1. The molecule has 6 nitrogen and oxygen atoms in total. The summed E-state index contributed by atoms with van der Waals surface area (Å²) in [5.74, 6) is 0. The maximum Gasteiger partial charge on any atom is 0.252 e. The Bertz CT molecular complexity index is 6620. The van der Waals surface area contributed by atoms with E-state index in [-0.39, 0.29) is 6.71 Å². The van der Waals surface area contributed by atoms with E-state index in [0.717, 1.165) is 107 Å². The van der Waals surface area contributed by atoms with E-state index in [1.54, 1.807) is 0 Å². The molecule has 0 saturated carbocycles. The first kappa shape index (κ1) is 57.3. The van der Waals surface area contributed by atoms with E-state index in [2.05, 4.69) is 398 Å². The normalized spacial score (nSPS) is 12.6. The lowest BCUT2D eigenvalue weighted by Crippen LogP contribution is -2.61. The smallest absolute Gasteiger partial charge is 0.252 e. The second-order valence-corrected chi connectivity index (χ2v) is 27.5. The summed E-state index contributed by atoms with van der Waals surface area (Å²) in [5, 5.41) is 9.83. The van der Waals surface area contributed by atoms with Crippen LogP contribution in [0, 0.1) is 0 Å². The van der Waals surface area contributed by atoms with Gasteiger partial charge in [0.15, 0.2) is 0 Å². The van der Waals surface area contributed by atoms with E-state index in [1.807, 2.05) is 0 Å². The van der Waals surface area contributed by atoms with Gasteiger partial charge in [0.2, 0.25) is 0 Å². The van der Waals surface area contributed by atoms with Crippen molar-refractivity contribution in [2.45, 2.75) is 0 Å². The van der Waals surface area contributed by atoms with E-state index in [9.17, 15) is 0 Å². The molecule has 16 aromatic carbocycles. The molecule has 0 bridgehead atoms. The molecule has 478 valence electrons. The van der Waals surface area contributed by atoms with Crippen LogP contribution in [0.3, 0.4) is 0 Å². The molecule has 103 heavy (non-hydrogen) atoms. The first-order valence-electron chi connectivity index (χ1n) is 35.6. The Morgan fingerprint density at radius 3 is 1.19 bits per heavy atom. The zero-order valence-corrected chi connectivity index (χ0v) is 56.0. The highest BCUT2D eigenvalue weighted by molar-refractivity contribution is 7.00. The van der Waals surface area contributed by atoms with Crippen molar-refractivity contribution in [2.24, 2.45) is 0 Å². The van der Waals surface area contributed by atoms with Gasteiger partial charge in [-0.05, 0) is 147 Å². The molecule has 2 aliphatic rings. The minimum atomic E-state index is -0.266. The van der Waals surface area contributed by atoms with E-state index < -0.39 is 0 Å². The zero-order chi connectivity index (χ0) is 67.4. The Morgan fingerprint density at radius 1 is 0.223 bits per heavy atom. The maximum absolute atomic E-state index is 2.66. The predicted molar refractivity (Wildman–Crippen MR) is 435 cm³/mol. The molecule has 22 rings (SSSR count). The van der Waals surface area contributed by atoms with Crippen molar-refractivity contribution in [3.8, 4) is 44.8 Å². The molecule has 2 aliphatic heterocycles. The molecule has 0 saturated heterocycles. The van der Waals surface area contributed by atoms with Gasteiger partial charge in [-0.15, -0.1) is 0 Å². The minimum Gasteiger partial charge on any atom is -0.311 e. The van der Waals surface area contributed by atoms with Crippen LogP contribution in [0.4, 0.5) is 51.2 Å². The lowest BCUT2D eigenvalue weighted by Gasteiger charge is -2.45. The SMILES string of the molecule is c1ccc(-c2ccc(N(c3ccc(-c4ccccc4)cc3)c3ccc4c(c3)N(c3ccccc3-c3ccccc3)c3cc(-n5c6ccccc6c6ccccc65)cc5c3B4c3cc4c6cccc7c8ccccc8n(c4cc3N5c3ccccc3-n3c4ccccc4c4ccccc43)c76)cc2)cc1. The number of rotatable bonds is 10. The topological polar surface area (TPSA) is 24.0 Å². The molecule has 20 aromatic rings. The van der Waals surface area contributed by atoms with E-state index >= 15 is 0 Å². The van der Waals surface area contributed by atoms with Crippen LogP contribution in [0.15, 0.2) is 370 Å². The third kappa shape index (κ3) is 8.51. The number of aromatic nitrogens is 3. The second-order valence-electron chi connectivity index (χ2n) is 27.5. The van der Waals surface area contributed by atoms with E-state index in [0.29, 0.717) is 0 Å². The van der Waals surface area contributed by atoms with Crippen molar-refractivity contribution in [1.29, 1.82) is 0 Å². The molecule has 0 spiro atoms. The van der Waals surface area contributed by atoms with Gasteiger partial charge in [0.05, 0.1) is 61.4 Å². The van der Waals surface area contributed by atoms with E-state index in [1.165, 1.54) is 87.2 Å². The minimum absolute atomic E-state index is 0.266. The van der Waals surface area contributed by atoms with Crippen LogP contribution in [0.25, 0.3) is 126 Å². The number of fused-ring (bicyclic) bond motifs is 16. The first-order valence-corrected chi connectivity index (χ1v) is 35.6. The lowest BCUT2D eigenvalue weighted by molar-refractivity contribution is 1.14. The number of hydrogen-bond donors (Lipinski definition) is 0. The summed E-state index contributed by atoms with van der Waals surface area (Å²) in [6.45, 7) is -0.266. The largest absolute Gasteiger partial charge is 0.311 e. The molecule has 0 fully saturated rings. The van der Waals surface area contributed by atoms with Crippen LogP contribution in [0.1, 0.15) is 0 Å². The van der Waals surface area contributed by atoms with Gasteiger partial charge in [0.1, 0.15) is 0 Å². The van der Waals surface area contributed by atoms with Crippen LogP contribution in [-0.4, -0.2) is 20.2 Å². The number of nitrogens with zero attached hydrogens (tertiary/aromatic N) is 6. The standard InChI is InChI=1S/C96H61BN6/c1-4-25-62(26-5-1)64-47-51-67(52-48-64)98(68-53-49-65(50-54-68)63-27-6-2-7-28-63)69-55-56-80-91(57-69)101(82-39-16-10-31-71(82)66-29-8-3-9-30-66)93-58-70(99-83-40-17-11-32-72(83)73-33-12-18-41-84(73)99)59-94-95(93)97(80)81-60-79-78-38-24-37-77-76-36-15-21-44-87(76)103(96(77)78)90(79)61-92(81)102(94)89-46-23-22-45-88(89)100-85-42-19-13-34-74(85)75-35-14-20-43-86(75)100/h1-61H. The van der Waals surface area contributed by atoms with Gasteiger partial charge in [-0.1, -0.05) is 267 Å². The summed E-state index contributed by atoms with van der Waals surface area (Å²) in [7, 11) is 0. The van der Waals surface area contributed by atoms with Crippen LogP contribution in [0.5, 0.6) is 0 Å². The highest BCUT2D eigenvalue weighted by Gasteiger charge is 2.46. The average molecular weight is 1310 g/mol.